The Kier molecular flexibility index (Phi) is 3.77. The van der Waals surface area contributed by atoms with E-state index in [2.05, 4.69) is 47.7 Å². The first-order chi connectivity index (χ1) is 7.58. The van der Waals surface area contributed by atoms with E-state index in [0.29, 0.717) is 5.02 Å². The van der Waals surface area contributed by atoms with Gasteiger partial charge in [0.1, 0.15) is 0 Å². The molecule has 82 valence electrons. The van der Waals surface area contributed by atoms with E-state index >= 15 is 0 Å². The van der Waals surface area contributed by atoms with Gasteiger partial charge < -0.3 is 0 Å². The van der Waals surface area contributed by atoms with E-state index in [1.54, 1.807) is 6.07 Å². The van der Waals surface area contributed by atoms with Crippen molar-refractivity contribution in [3.8, 4) is 11.1 Å². The van der Waals surface area contributed by atoms with Gasteiger partial charge in [0.15, 0.2) is 0 Å². The molecule has 0 N–H and O–H groups in total. The molecular weight excluding hydrogens is 354 g/mol. The maximum absolute atomic E-state index is 6.18. The predicted molar refractivity (Wildman–Crippen MR) is 79.4 cm³/mol. The second-order valence-corrected chi connectivity index (χ2v) is 5.61. The molecule has 0 atom stereocenters. The van der Waals surface area contributed by atoms with Crippen LogP contribution in [0.4, 0.5) is 0 Å². The van der Waals surface area contributed by atoms with Crippen LogP contribution in [0.15, 0.2) is 36.4 Å². The highest BCUT2D eigenvalue weighted by molar-refractivity contribution is 14.1. The molecule has 3 heteroatoms. The van der Waals surface area contributed by atoms with E-state index < -0.39 is 0 Å². The van der Waals surface area contributed by atoms with Crippen LogP contribution in [-0.2, 0) is 0 Å². The smallest absolute Gasteiger partial charge is 0.0485 e. The van der Waals surface area contributed by atoms with Crippen molar-refractivity contribution < 1.29 is 0 Å². The van der Waals surface area contributed by atoms with E-state index in [4.69, 9.17) is 23.2 Å². The van der Waals surface area contributed by atoms with E-state index in [1.807, 2.05) is 12.1 Å². The molecule has 0 aliphatic heterocycles. The van der Waals surface area contributed by atoms with Gasteiger partial charge in [-0.2, -0.15) is 0 Å². The summed E-state index contributed by atoms with van der Waals surface area (Å²) >= 11 is 14.5. The zero-order valence-electron chi connectivity index (χ0n) is 8.60. The maximum atomic E-state index is 6.18. The van der Waals surface area contributed by atoms with Crippen LogP contribution in [0.1, 0.15) is 5.56 Å². The lowest BCUT2D eigenvalue weighted by atomic mass is 10.0. The quantitative estimate of drug-likeness (QED) is 0.581. The Labute approximate surface area is 119 Å². The van der Waals surface area contributed by atoms with Crippen LogP contribution in [0.5, 0.6) is 0 Å². The molecule has 2 rings (SSSR count). The zero-order valence-corrected chi connectivity index (χ0v) is 12.3. The SMILES string of the molecule is Cc1ccc(-c2cc(Cl)ccc2Cl)c(I)c1. The van der Waals surface area contributed by atoms with Gasteiger partial charge in [0, 0.05) is 19.2 Å². The van der Waals surface area contributed by atoms with Crippen molar-refractivity contribution in [3.63, 3.8) is 0 Å². The fourth-order valence-electron chi connectivity index (χ4n) is 1.54. The Bertz CT molecular complexity index is 535. The van der Waals surface area contributed by atoms with Gasteiger partial charge in [0.25, 0.3) is 0 Å². The molecule has 0 aromatic heterocycles. The molecule has 0 heterocycles. The summed E-state index contributed by atoms with van der Waals surface area (Å²) in [7, 11) is 0. The minimum Gasteiger partial charge on any atom is -0.0843 e. The molecule has 0 radical (unpaired) electrons. The van der Waals surface area contributed by atoms with Gasteiger partial charge in [-0.05, 0) is 59.3 Å². The van der Waals surface area contributed by atoms with Crippen LogP contribution >= 0.6 is 45.8 Å². The fourth-order valence-corrected chi connectivity index (χ4v) is 2.90. The topological polar surface area (TPSA) is 0 Å². The fraction of sp³-hybridized carbons (Fsp3) is 0.0769. The molecule has 0 unspecified atom stereocenters. The first kappa shape index (κ1) is 12.2. The van der Waals surface area contributed by atoms with Crippen LogP contribution < -0.4 is 0 Å². The molecule has 0 aliphatic carbocycles. The van der Waals surface area contributed by atoms with Crippen molar-refractivity contribution in [1.29, 1.82) is 0 Å². The highest BCUT2D eigenvalue weighted by Gasteiger charge is 2.07. The van der Waals surface area contributed by atoms with Crippen molar-refractivity contribution in [2.75, 3.05) is 0 Å². The summed E-state index contributed by atoms with van der Waals surface area (Å²) in [6.45, 7) is 2.07. The molecule has 0 saturated heterocycles. The Morgan fingerprint density at radius 3 is 2.38 bits per heavy atom. The monoisotopic (exact) mass is 362 g/mol. The van der Waals surface area contributed by atoms with Crippen LogP contribution in [0.2, 0.25) is 10.0 Å². The Balaban J connectivity index is 2.62. The molecule has 2 aromatic carbocycles. The molecule has 0 spiro atoms. The summed E-state index contributed by atoms with van der Waals surface area (Å²) in [6.07, 6.45) is 0. The average molecular weight is 363 g/mol. The molecule has 0 amide bonds. The van der Waals surface area contributed by atoms with Crippen LogP contribution in [0, 0.1) is 10.5 Å². The standard InChI is InChI=1S/C13H9Cl2I/c1-8-2-4-10(13(16)6-8)11-7-9(14)3-5-12(11)15/h2-7H,1H3. The summed E-state index contributed by atoms with van der Waals surface area (Å²) < 4.78 is 1.18. The van der Waals surface area contributed by atoms with Gasteiger partial charge in [0.2, 0.25) is 0 Å². The molecule has 0 nitrogen and oxygen atoms in total. The molecular formula is C13H9Cl2I. The van der Waals surface area contributed by atoms with Gasteiger partial charge in [-0.3, -0.25) is 0 Å². The van der Waals surface area contributed by atoms with Gasteiger partial charge in [-0.15, -0.1) is 0 Å². The first-order valence-corrected chi connectivity index (χ1v) is 6.63. The van der Waals surface area contributed by atoms with E-state index in [-0.39, 0.29) is 0 Å². The third kappa shape index (κ3) is 2.53. The van der Waals surface area contributed by atoms with Gasteiger partial charge in [-0.1, -0.05) is 40.9 Å². The van der Waals surface area contributed by atoms with Gasteiger partial charge in [-0.25, -0.2) is 0 Å². The van der Waals surface area contributed by atoms with Crippen LogP contribution in [0.25, 0.3) is 11.1 Å². The van der Waals surface area contributed by atoms with Crippen molar-refractivity contribution in [2.24, 2.45) is 0 Å². The molecule has 0 fully saturated rings. The predicted octanol–water partition coefficient (Wildman–Crippen LogP) is 5.57. The number of hydrogen-bond donors (Lipinski definition) is 0. The average Bonchev–Trinajstić information content (AvgIpc) is 2.22. The van der Waals surface area contributed by atoms with Crippen LogP contribution in [0.3, 0.4) is 0 Å². The number of aryl methyl sites for hydroxylation is 1. The maximum Gasteiger partial charge on any atom is 0.0485 e. The molecule has 2 aromatic rings. The van der Waals surface area contributed by atoms with Crippen molar-refractivity contribution in [3.05, 3.63) is 55.6 Å². The Morgan fingerprint density at radius 1 is 0.938 bits per heavy atom. The number of hydrogen-bond acceptors (Lipinski definition) is 0. The van der Waals surface area contributed by atoms with Crippen molar-refractivity contribution in [2.45, 2.75) is 6.92 Å². The van der Waals surface area contributed by atoms with E-state index in [9.17, 15) is 0 Å². The lowest BCUT2D eigenvalue weighted by Crippen LogP contribution is -1.85. The second kappa shape index (κ2) is 4.94. The largest absolute Gasteiger partial charge is 0.0843 e. The highest BCUT2D eigenvalue weighted by Crippen LogP contribution is 2.33. The molecule has 0 saturated carbocycles. The number of benzene rings is 2. The van der Waals surface area contributed by atoms with E-state index in [1.165, 1.54) is 9.13 Å². The van der Waals surface area contributed by atoms with E-state index in [0.717, 1.165) is 16.1 Å². The molecule has 0 bridgehead atoms. The highest BCUT2D eigenvalue weighted by atomic mass is 127. The zero-order chi connectivity index (χ0) is 11.7. The minimum atomic E-state index is 0.704. The molecule has 16 heavy (non-hydrogen) atoms. The van der Waals surface area contributed by atoms with Crippen molar-refractivity contribution in [1.82, 2.24) is 0 Å². The second-order valence-electron chi connectivity index (χ2n) is 3.61. The summed E-state index contributed by atoms with van der Waals surface area (Å²) in [5, 5.41) is 1.43. The lowest BCUT2D eigenvalue weighted by Gasteiger charge is -2.08. The normalized spacial score (nSPS) is 10.5. The van der Waals surface area contributed by atoms with Gasteiger partial charge >= 0.3 is 0 Å². The third-order valence-corrected chi connectivity index (χ3v) is 3.80. The third-order valence-electron chi connectivity index (χ3n) is 2.34. The first-order valence-electron chi connectivity index (χ1n) is 4.79. The summed E-state index contributed by atoms with van der Waals surface area (Å²) in [4.78, 5) is 0. The Hall–Kier alpha value is -0.250. The van der Waals surface area contributed by atoms with Gasteiger partial charge in [0.05, 0.1) is 0 Å². The number of halogens is 3. The summed E-state index contributed by atoms with van der Waals surface area (Å²) in [6, 6.07) is 11.8. The Morgan fingerprint density at radius 2 is 1.69 bits per heavy atom. The molecule has 0 aliphatic rings. The minimum absolute atomic E-state index is 0.704. The summed E-state index contributed by atoms with van der Waals surface area (Å²) in [5.41, 5.74) is 3.35. The van der Waals surface area contributed by atoms with Crippen LogP contribution in [-0.4, -0.2) is 0 Å². The summed E-state index contributed by atoms with van der Waals surface area (Å²) in [5.74, 6) is 0. The number of rotatable bonds is 1. The lowest BCUT2D eigenvalue weighted by molar-refractivity contribution is 1.44. The van der Waals surface area contributed by atoms with Crippen molar-refractivity contribution >= 4 is 45.8 Å².